The zero-order valence-electron chi connectivity index (χ0n) is 24.9. The van der Waals surface area contributed by atoms with Crippen molar-refractivity contribution >= 4 is 5.71 Å². The third-order valence-electron chi connectivity index (χ3n) is 7.77. The molecule has 0 radical (unpaired) electrons. The lowest BCUT2D eigenvalue weighted by atomic mass is 9.76. The minimum Gasteiger partial charge on any atom is -0.347 e. The highest BCUT2D eigenvalue weighted by Gasteiger charge is 2.56. The highest BCUT2D eigenvalue weighted by Crippen LogP contribution is 2.48. The van der Waals surface area contributed by atoms with Crippen molar-refractivity contribution in [1.82, 2.24) is 25.9 Å². The molecular weight excluding hydrogens is 466 g/mol. The number of hydrogen-bond acceptors (Lipinski definition) is 9. The quantitative estimate of drug-likeness (QED) is 0.314. The molecule has 3 heterocycles. The standard InChI is InChI=1S/C28H55N7O2/c1-22(2)33(23(3)4)16-13-24-19-25(32-35(31-24)30-15-12-10-9-11-14-29)34-26(5,6)20-28(21-27(34,7)8)36-17-18-37-28/h19,22-23,30,32H,9-18,20-21,29H2,1-8H3. The minimum atomic E-state index is -0.494. The van der Waals surface area contributed by atoms with E-state index in [4.69, 9.17) is 20.3 Å². The molecule has 0 bridgehead atoms. The van der Waals surface area contributed by atoms with Gasteiger partial charge in [-0.3, -0.25) is 10.3 Å². The predicted molar refractivity (Wildman–Crippen MR) is 151 cm³/mol. The van der Waals surface area contributed by atoms with Gasteiger partial charge in [-0.15, -0.1) is 10.3 Å². The van der Waals surface area contributed by atoms with E-state index >= 15 is 0 Å². The van der Waals surface area contributed by atoms with Gasteiger partial charge in [-0.25, -0.2) is 0 Å². The SMILES string of the molecule is CC(C)N(CCC1=NN(NCCCCCCN)NC(N2C(C)(C)CC3(CC2(C)C)OCCO3)=C1)C(C)C. The molecule has 0 aromatic heterocycles. The van der Waals surface area contributed by atoms with E-state index in [1.54, 1.807) is 0 Å². The first kappa shape index (κ1) is 30.2. The summed E-state index contributed by atoms with van der Waals surface area (Å²) in [7, 11) is 0. The van der Waals surface area contributed by atoms with Gasteiger partial charge < -0.3 is 20.1 Å². The Balaban J connectivity index is 1.79. The molecule has 4 N–H and O–H groups in total. The van der Waals surface area contributed by atoms with Crippen LogP contribution in [0.2, 0.25) is 0 Å². The molecule has 3 aliphatic rings. The third-order valence-corrected chi connectivity index (χ3v) is 7.77. The maximum atomic E-state index is 6.19. The van der Waals surface area contributed by atoms with Crippen LogP contribution >= 0.6 is 0 Å². The predicted octanol–water partition coefficient (Wildman–Crippen LogP) is 3.93. The largest absolute Gasteiger partial charge is 0.347 e. The zero-order valence-corrected chi connectivity index (χ0v) is 24.9. The number of nitrogens with one attached hydrogen (secondary N) is 2. The second-order valence-electron chi connectivity index (χ2n) is 12.8. The second kappa shape index (κ2) is 12.6. The van der Waals surface area contributed by atoms with Gasteiger partial charge in [0.25, 0.3) is 0 Å². The third kappa shape index (κ3) is 7.82. The lowest BCUT2D eigenvalue weighted by Gasteiger charge is -2.59. The van der Waals surface area contributed by atoms with Crippen molar-refractivity contribution in [3.63, 3.8) is 0 Å². The fraction of sp³-hybridized carbons (Fsp3) is 0.893. The van der Waals surface area contributed by atoms with E-state index in [9.17, 15) is 0 Å². The number of nitrogens with zero attached hydrogens (tertiary/aromatic N) is 4. The average molecular weight is 522 g/mol. The van der Waals surface area contributed by atoms with Gasteiger partial charge in [-0.1, -0.05) is 12.8 Å². The summed E-state index contributed by atoms with van der Waals surface area (Å²) in [5.41, 5.74) is 13.5. The first-order valence-electron chi connectivity index (χ1n) is 14.5. The highest BCUT2D eigenvalue weighted by molar-refractivity contribution is 5.95. The summed E-state index contributed by atoms with van der Waals surface area (Å²) in [6.45, 7) is 22.2. The van der Waals surface area contributed by atoms with E-state index in [1.165, 1.54) is 12.8 Å². The fourth-order valence-electron chi connectivity index (χ4n) is 6.67. The van der Waals surface area contributed by atoms with Crippen LogP contribution in [0.5, 0.6) is 0 Å². The van der Waals surface area contributed by atoms with Gasteiger partial charge >= 0.3 is 0 Å². The van der Waals surface area contributed by atoms with Crippen LogP contribution in [0.25, 0.3) is 0 Å². The van der Waals surface area contributed by atoms with Gasteiger partial charge in [0.15, 0.2) is 5.79 Å². The fourth-order valence-corrected chi connectivity index (χ4v) is 6.67. The summed E-state index contributed by atoms with van der Waals surface area (Å²) < 4.78 is 12.4. The average Bonchev–Trinajstić information content (AvgIpc) is 3.20. The van der Waals surface area contributed by atoms with E-state index in [2.05, 4.69) is 82.1 Å². The summed E-state index contributed by atoms with van der Waals surface area (Å²) in [6, 6.07) is 0.993. The summed E-state index contributed by atoms with van der Waals surface area (Å²) >= 11 is 0. The normalized spacial score (nSPS) is 22.7. The van der Waals surface area contributed by atoms with Crippen LogP contribution in [0.15, 0.2) is 17.0 Å². The summed E-state index contributed by atoms with van der Waals surface area (Å²) in [4.78, 5) is 5.05. The van der Waals surface area contributed by atoms with E-state index in [-0.39, 0.29) is 11.1 Å². The zero-order chi connectivity index (χ0) is 27.3. The summed E-state index contributed by atoms with van der Waals surface area (Å²) in [5.74, 6) is 0.579. The smallest absolute Gasteiger partial charge is 0.172 e. The Morgan fingerprint density at radius 1 is 1.00 bits per heavy atom. The van der Waals surface area contributed by atoms with E-state index in [0.29, 0.717) is 25.3 Å². The Morgan fingerprint density at radius 3 is 2.16 bits per heavy atom. The maximum Gasteiger partial charge on any atom is 0.172 e. The number of hydrogen-bond donors (Lipinski definition) is 3. The van der Waals surface area contributed by atoms with Gasteiger partial charge in [-0.05, 0) is 74.8 Å². The number of rotatable bonds is 13. The van der Waals surface area contributed by atoms with Gasteiger partial charge in [0.05, 0.1) is 18.9 Å². The lowest BCUT2D eigenvalue weighted by Crippen LogP contribution is -2.67. The molecule has 1 spiro atoms. The van der Waals surface area contributed by atoms with Crippen molar-refractivity contribution in [1.29, 1.82) is 0 Å². The number of nitrogens with two attached hydrogens (primary N) is 1. The van der Waals surface area contributed by atoms with Crippen LogP contribution in [0.1, 0.15) is 100 Å². The number of hydrazine groups is 2. The van der Waals surface area contributed by atoms with Gasteiger partial charge in [0.2, 0.25) is 0 Å². The minimum absolute atomic E-state index is 0.177. The Morgan fingerprint density at radius 2 is 1.59 bits per heavy atom. The van der Waals surface area contributed by atoms with Crippen molar-refractivity contribution in [2.45, 2.75) is 129 Å². The molecule has 0 atom stereocenters. The molecule has 9 nitrogen and oxygen atoms in total. The number of allylic oxidation sites excluding steroid dienone is 1. The molecule has 3 aliphatic heterocycles. The van der Waals surface area contributed by atoms with Crippen molar-refractivity contribution in [2.75, 3.05) is 32.8 Å². The summed E-state index contributed by atoms with van der Waals surface area (Å²) in [5, 5.41) is 6.78. The lowest BCUT2D eigenvalue weighted by molar-refractivity contribution is -0.235. The number of unbranched alkanes of at least 4 members (excludes halogenated alkanes) is 3. The molecule has 0 unspecified atom stereocenters. The van der Waals surface area contributed by atoms with Crippen LogP contribution in [0.4, 0.5) is 0 Å². The second-order valence-corrected chi connectivity index (χ2v) is 12.8. The Kier molecular flexibility index (Phi) is 10.3. The molecule has 0 amide bonds. The summed E-state index contributed by atoms with van der Waals surface area (Å²) in [6.07, 6.45) is 9.30. The Hall–Kier alpha value is -1.39. The topological polar surface area (TPSA) is 90.6 Å². The maximum absolute atomic E-state index is 6.19. The van der Waals surface area contributed by atoms with E-state index in [1.807, 2.05) is 5.23 Å². The molecule has 0 aliphatic carbocycles. The first-order chi connectivity index (χ1) is 17.4. The first-order valence-corrected chi connectivity index (χ1v) is 14.5. The van der Waals surface area contributed by atoms with Crippen LogP contribution in [0, 0.1) is 0 Å². The monoisotopic (exact) mass is 521 g/mol. The van der Waals surface area contributed by atoms with Gasteiger partial charge in [0, 0.05) is 61.6 Å². The molecule has 37 heavy (non-hydrogen) atoms. The van der Waals surface area contributed by atoms with Crippen LogP contribution < -0.4 is 16.6 Å². The number of hydrazone groups is 1. The number of piperidine rings is 1. The number of ether oxygens (including phenoxy) is 2. The van der Waals surface area contributed by atoms with Crippen LogP contribution in [-0.2, 0) is 9.47 Å². The molecule has 214 valence electrons. The molecule has 0 saturated carbocycles. The van der Waals surface area contributed by atoms with Crippen molar-refractivity contribution in [3.05, 3.63) is 11.9 Å². The van der Waals surface area contributed by atoms with Crippen molar-refractivity contribution in [2.24, 2.45) is 10.8 Å². The molecule has 2 saturated heterocycles. The Labute approximate surface area is 226 Å². The molecule has 2 fully saturated rings. The molecular formula is C28H55N7O2. The van der Waals surface area contributed by atoms with Crippen molar-refractivity contribution < 1.29 is 9.47 Å². The van der Waals surface area contributed by atoms with Gasteiger partial charge in [-0.2, -0.15) is 5.43 Å². The molecule has 9 heteroatoms. The van der Waals surface area contributed by atoms with Crippen LogP contribution in [-0.4, -0.2) is 82.5 Å². The molecule has 0 aromatic carbocycles. The number of likely N-dealkylation sites (tertiary alicyclic amines) is 1. The van der Waals surface area contributed by atoms with E-state index < -0.39 is 5.79 Å². The molecule has 3 rings (SSSR count). The van der Waals surface area contributed by atoms with Crippen LogP contribution in [0.3, 0.4) is 0 Å². The Bertz CT molecular complexity index is 759. The highest BCUT2D eigenvalue weighted by atomic mass is 16.7. The van der Waals surface area contributed by atoms with E-state index in [0.717, 1.165) is 63.3 Å². The molecule has 0 aromatic rings. The van der Waals surface area contributed by atoms with Crippen molar-refractivity contribution in [3.8, 4) is 0 Å². The van der Waals surface area contributed by atoms with Gasteiger partial charge in [0.1, 0.15) is 5.82 Å².